The van der Waals surface area contributed by atoms with Crippen molar-refractivity contribution in [3.05, 3.63) is 17.3 Å². The molecule has 2 rings (SSSR count). The normalized spacial score (nSPS) is 22.5. The smallest absolute Gasteiger partial charge is 0.211 e. The zero-order valence-corrected chi connectivity index (χ0v) is 8.26. The van der Waals surface area contributed by atoms with Crippen molar-refractivity contribution in [2.45, 2.75) is 39.2 Å². The van der Waals surface area contributed by atoms with Crippen LogP contribution in [0.1, 0.15) is 43.2 Å². The molecule has 1 N–H and O–H groups in total. The van der Waals surface area contributed by atoms with E-state index in [0.717, 1.165) is 36.7 Å². The van der Waals surface area contributed by atoms with Gasteiger partial charge in [0, 0.05) is 6.42 Å². The van der Waals surface area contributed by atoms with E-state index in [1.807, 2.05) is 6.92 Å². The predicted octanol–water partition coefficient (Wildman–Crippen LogP) is 1.97. The highest BCUT2D eigenvalue weighted by Gasteiger charge is 2.21. The lowest BCUT2D eigenvalue weighted by Gasteiger charge is -2.02. The van der Waals surface area contributed by atoms with Crippen LogP contribution in [0.15, 0.2) is 4.42 Å². The number of nitrogens with zero attached hydrogens (tertiary/aromatic N) is 1. The summed E-state index contributed by atoms with van der Waals surface area (Å²) in [5.74, 6) is 1.91. The average Bonchev–Trinajstić information content (AvgIpc) is 2.71. The monoisotopic (exact) mass is 180 g/mol. The van der Waals surface area contributed by atoms with Crippen molar-refractivity contribution < 1.29 is 4.42 Å². The molecule has 1 atom stereocenters. The van der Waals surface area contributed by atoms with Gasteiger partial charge in [-0.15, -0.1) is 0 Å². The Kier molecular flexibility index (Phi) is 2.36. The van der Waals surface area contributed by atoms with Gasteiger partial charge in [0.25, 0.3) is 0 Å². The van der Waals surface area contributed by atoms with E-state index in [9.17, 15) is 0 Å². The predicted molar refractivity (Wildman–Crippen MR) is 50.6 cm³/mol. The Bertz CT molecular complexity index is 287. The summed E-state index contributed by atoms with van der Waals surface area (Å²) in [4.78, 5) is 4.43. The van der Waals surface area contributed by atoms with Gasteiger partial charge in [0.2, 0.25) is 5.89 Å². The van der Waals surface area contributed by atoms with E-state index in [4.69, 9.17) is 4.42 Å². The summed E-state index contributed by atoms with van der Waals surface area (Å²) in [5, 5.41) is 3.38. The van der Waals surface area contributed by atoms with Gasteiger partial charge in [0.1, 0.15) is 5.76 Å². The van der Waals surface area contributed by atoms with Crippen LogP contribution in [0.3, 0.4) is 0 Å². The average molecular weight is 180 g/mol. The summed E-state index contributed by atoms with van der Waals surface area (Å²) in [5.41, 5.74) is 1.05. The lowest BCUT2D eigenvalue weighted by molar-refractivity contribution is 0.406. The molecular weight excluding hydrogens is 164 g/mol. The molecule has 0 aliphatic carbocycles. The minimum absolute atomic E-state index is 0.360. The summed E-state index contributed by atoms with van der Waals surface area (Å²) >= 11 is 0. The molecule has 2 heterocycles. The molecule has 1 aliphatic rings. The number of hydrogen-bond acceptors (Lipinski definition) is 3. The van der Waals surface area contributed by atoms with Crippen molar-refractivity contribution in [2.75, 3.05) is 6.54 Å². The van der Waals surface area contributed by atoms with Gasteiger partial charge in [-0.2, -0.15) is 0 Å². The number of nitrogens with one attached hydrogen (secondary N) is 1. The summed E-state index contributed by atoms with van der Waals surface area (Å²) in [6, 6.07) is 0.360. The van der Waals surface area contributed by atoms with Gasteiger partial charge >= 0.3 is 0 Å². The van der Waals surface area contributed by atoms with E-state index in [-0.39, 0.29) is 0 Å². The van der Waals surface area contributed by atoms with Crippen LogP contribution >= 0.6 is 0 Å². The van der Waals surface area contributed by atoms with Gasteiger partial charge in [-0.05, 0) is 26.3 Å². The third-order valence-corrected chi connectivity index (χ3v) is 2.59. The Balaban J connectivity index is 2.20. The van der Waals surface area contributed by atoms with Crippen molar-refractivity contribution in [2.24, 2.45) is 0 Å². The van der Waals surface area contributed by atoms with E-state index < -0.39 is 0 Å². The molecule has 0 spiro atoms. The molecule has 1 aliphatic heterocycles. The first kappa shape index (κ1) is 8.75. The molecule has 3 nitrogen and oxygen atoms in total. The fourth-order valence-corrected chi connectivity index (χ4v) is 1.82. The maximum Gasteiger partial charge on any atom is 0.211 e. The zero-order chi connectivity index (χ0) is 9.26. The lowest BCUT2D eigenvalue weighted by atomic mass is 10.2. The minimum Gasteiger partial charge on any atom is -0.444 e. The second-order valence-electron chi connectivity index (χ2n) is 3.56. The second kappa shape index (κ2) is 3.50. The highest BCUT2D eigenvalue weighted by atomic mass is 16.4. The van der Waals surface area contributed by atoms with E-state index in [1.165, 1.54) is 6.42 Å². The molecule has 1 saturated heterocycles. The van der Waals surface area contributed by atoms with Gasteiger partial charge in [0.05, 0.1) is 11.7 Å². The Morgan fingerprint density at radius 2 is 2.46 bits per heavy atom. The number of aryl methyl sites for hydroxylation is 2. The lowest BCUT2D eigenvalue weighted by Crippen LogP contribution is -2.12. The topological polar surface area (TPSA) is 38.1 Å². The van der Waals surface area contributed by atoms with Crippen LogP contribution in [0.25, 0.3) is 0 Å². The zero-order valence-electron chi connectivity index (χ0n) is 8.26. The van der Waals surface area contributed by atoms with Crippen molar-refractivity contribution in [3.63, 3.8) is 0 Å². The fourth-order valence-electron chi connectivity index (χ4n) is 1.82. The molecule has 1 aromatic rings. The highest BCUT2D eigenvalue weighted by Crippen LogP contribution is 2.24. The molecular formula is C10H16N2O. The van der Waals surface area contributed by atoms with Crippen LogP contribution < -0.4 is 5.32 Å². The van der Waals surface area contributed by atoms with Crippen molar-refractivity contribution in [1.82, 2.24) is 10.3 Å². The Labute approximate surface area is 78.5 Å². The standard InChI is InChI=1S/C10H16N2O/c1-3-9-7(2)12-10(13-9)8-5-4-6-11-8/h8,11H,3-6H2,1-2H3. The SMILES string of the molecule is CCc1oc(C2CCCN2)nc1C. The number of aromatic nitrogens is 1. The number of oxazole rings is 1. The maximum absolute atomic E-state index is 5.67. The third kappa shape index (κ3) is 1.61. The first-order chi connectivity index (χ1) is 6.31. The van der Waals surface area contributed by atoms with Gasteiger partial charge < -0.3 is 9.73 Å². The van der Waals surface area contributed by atoms with Crippen molar-refractivity contribution >= 4 is 0 Å². The van der Waals surface area contributed by atoms with Gasteiger partial charge in [-0.25, -0.2) is 4.98 Å². The molecule has 1 unspecified atom stereocenters. The van der Waals surface area contributed by atoms with Gasteiger partial charge in [-0.3, -0.25) is 0 Å². The Morgan fingerprint density at radius 3 is 3.00 bits per heavy atom. The molecule has 0 radical (unpaired) electrons. The molecule has 3 heteroatoms. The molecule has 0 bridgehead atoms. The highest BCUT2D eigenvalue weighted by molar-refractivity contribution is 5.10. The van der Waals surface area contributed by atoms with Crippen LogP contribution in [0, 0.1) is 6.92 Å². The summed E-state index contributed by atoms with van der Waals surface area (Å²) in [6.07, 6.45) is 3.32. The molecule has 0 saturated carbocycles. The van der Waals surface area contributed by atoms with Crippen LogP contribution in [0.2, 0.25) is 0 Å². The van der Waals surface area contributed by atoms with E-state index in [1.54, 1.807) is 0 Å². The van der Waals surface area contributed by atoms with Crippen molar-refractivity contribution in [3.8, 4) is 0 Å². The van der Waals surface area contributed by atoms with E-state index >= 15 is 0 Å². The van der Waals surface area contributed by atoms with Gasteiger partial charge in [0.15, 0.2) is 0 Å². The quantitative estimate of drug-likeness (QED) is 0.756. The number of hydrogen-bond donors (Lipinski definition) is 1. The van der Waals surface area contributed by atoms with Crippen LogP contribution in [0.5, 0.6) is 0 Å². The molecule has 72 valence electrons. The Morgan fingerprint density at radius 1 is 1.62 bits per heavy atom. The van der Waals surface area contributed by atoms with E-state index in [2.05, 4.69) is 17.2 Å². The van der Waals surface area contributed by atoms with Crippen molar-refractivity contribution in [1.29, 1.82) is 0 Å². The summed E-state index contributed by atoms with van der Waals surface area (Å²) in [6.45, 7) is 5.20. The molecule has 0 aromatic carbocycles. The van der Waals surface area contributed by atoms with Crippen LogP contribution in [0.4, 0.5) is 0 Å². The molecule has 13 heavy (non-hydrogen) atoms. The molecule has 0 amide bonds. The minimum atomic E-state index is 0.360. The van der Waals surface area contributed by atoms with E-state index in [0.29, 0.717) is 6.04 Å². The van der Waals surface area contributed by atoms with Crippen LogP contribution in [-0.2, 0) is 6.42 Å². The van der Waals surface area contributed by atoms with Gasteiger partial charge in [-0.1, -0.05) is 6.92 Å². The first-order valence-electron chi connectivity index (χ1n) is 5.01. The fraction of sp³-hybridized carbons (Fsp3) is 0.700. The number of rotatable bonds is 2. The molecule has 1 fully saturated rings. The van der Waals surface area contributed by atoms with Crippen LogP contribution in [-0.4, -0.2) is 11.5 Å². The largest absolute Gasteiger partial charge is 0.444 e. The maximum atomic E-state index is 5.67. The summed E-state index contributed by atoms with van der Waals surface area (Å²) < 4.78 is 5.67. The third-order valence-electron chi connectivity index (χ3n) is 2.59. The molecule has 1 aromatic heterocycles. The summed E-state index contributed by atoms with van der Waals surface area (Å²) in [7, 11) is 0. The second-order valence-corrected chi connectivity index (χ2v) is 3.56. The first-order valence-corrected chi connectivity index (χ1v) is 5.01. The Hall–Kier alpha value is -0.830.